The Kier molecular flexibility index (Phi) is 3.55. The number of hydrogen-bond acceptors (Lipinski definition) is 3. The maximum absolute atomic E-state index is 12.1. The molecule has 23 heavy (non-hydrogen) atoms. The summed E-state index contributed by atoms with van der Waals surface area (Å²) >= 11 is 0. The fourth-order valence-electron chi connectivity index (χ4n) is 6.71. The van der Waals surface area contributed by atoms with E-state index in [1.54, 1.807) is 0 Å². The van der Waals surface area contributed by atoms with Crippen LogP contribution in [-0.2, 0) is 9.53 Å². The fraction of sp³-hybridized carbons (Fsp3) is 0.850. The molecule has 4 aliphatic rings. The molecule has 8 atom stereocenters. The van der Waals surface area contributed by atoms with Gasteiger partial charge in [-0.05, 0) is 67.6 Å². The monoisotopic (exact) mass is 318 g/mol. The number of carbonyl (C=O) groups is 1. The summed E-state index contributed by atoms with van der Waals surface area (Å²) in [5, 5.41) is 10.4. The van der Waals surface area contributed by atoms with Gasteiger partial charge in [0.25, 0.3) is 0 Å². The van der Waals surface area contributed by atoms with Crippen LogP contribution in [0.1, 0.15) is 58.8 Å². The maximum Gasteiger partial charge on any atom is 0.158 e. The lowest BCUT2D eigenvalue weighted by Gasteiger charge is -2.54. The number of allylic oxidation sites excluding steroid dienone is 1. The minimum absolute atomic E-state index is 0.0310. The number of hydrogen-bond donors (Lipinski definition) is 1. The molecule has 3 nitrogen and oxygen atoms in total. The van der Waals surface area contributed by atoms with Gasteiger partial charge in [-0.25, -0.2) is 0 Å². The molecule has 1 heterocycles. The van der Waals surface area contributed by atoms with Gasteiger partial charge in [-0.1, -0.05) is 26.0 Å². The quantitative estimate of drug-likeness (QED) is 0.623. The van der Waals surface area contributed by atoms with Crippen LogP contribution >= 0.6 is 0 Å². The van der Waals surface area contributed by atoms with Crippen molar-refractivity contribution in [1.82, 2.24) is 0 Å². The van der Waals surface area contributed by atoms with E-state index in [0.717, 1.165) is 44.9 Å². The molecule has 0 aromatic heterocycles. The van der Waals surface area contributed by atoms with Crippen molar-refractivity contribution in [2.75, 3.05) is 0 Å². The SMILES string of the molecule is C=C1CC[C@H]2[C@H](C=O)[C@@H]([C@@]3(C)CCC4C[C@H]3C(O)O4)CC[C@]12C. The fourth-order valence-corrected chi connectivity index (χ4v) is 6.71. The molecule has 3 aliphatic carbocycles. The highest BCUT2D eigenvalue weighted by Gasteiger charge is 2.59. The van der Waals surface area contributed by atoms with Gasteiger partial charge in [-0.2, -0.15) is 0 Å². The molecule has 1 saturated heterocycles. The number of rotatable bonds is 2. The zero-order valence-electron chi connectivity index (χ0n) is 14.5. The summed E-state index contributed by atoms with van der Waals surface area (Å²) in [6.07, 6.45) is 8.33. The average Bonchev–Trinajstić information content (AvgIpc) is 3.01. The zero-order chi connectivity index (χ0) is 16.4. The van der Waals surface area contributed by atoms with Crippen molar-refractivity contribution in [1.29, 1.82) is 0 Å². The van der Waals surface area contributed by atoms with Crippen molar-refractivity contribution in [3.05, 3.63) is 12.2 Å². The predicted molar refractivity (Wildman–Crippen MR) is 88.6 cm³/mol. The van der Waals surface area contributed by atoms with Gasteiger partial charge in [-0.3, -0.25) is 0 Å². The van der Waals surface area contributed by atoms with E-state index in [1.807, 2.05) is 0 Å². The molecule has 0 aromatic carbocycles. The Labute approximate surface area is 139 Å². The van der Waals surface area contributed by atoms with Crippen LogP contribution in [0, 0.1) is 34.5 Å². The van der Waals surface area contributed by atoms with Gasteiger partial charge in [0.2, 0.25) is 0 Å². The van der Waals surface area contributed by atoms with E-state index >= 15 is 0 Å². The standard InChI is InChI=1S/C20H30O3/c1-12-4-5-15-14(11-21)16(7-9-19(12,15)2)20(3)8-6-13-10-17(20)18(22)23-13/h11,13-18,22H,1,4-10H2,2-3H3/t13?,14-,15-,16-,17-,18?,19+,20+/m0/s1. The molecule has 4 rings (SSSR count). The topological polar surface area (TPSA) is 46.5 Å². The van der Waals surface area contributed by atoms with Crippen LogP contribution in [0.4, 0.5) is 0 Å². The molecule has 1 N–H and O–H groups in total. The Morgan fingerprint density at radius 1 is 1.17 bits per heavy atom. The Bertz CT molecular complexity index is 529. The Morgan fingerprint density at radius 2 is 1.96 bits per heavy atom. The number of ether oxygens (including phenoxy) is 1. The summed E-state index contributed by atoms with van der Waals surface area (Å²) in [5.41, 5.74) is 1.54. The minimum atomic E-state index is -0.633. The first kappa shape index (κ1) is 15.8. The van der Waals surface area contributed by atoms with Gasteiger partial charge in [0, 0.05) is 11.8 Å². The molecule has 0 radical (unpaired) electrons. The third kappa shape index (κ3) is 2.05. The lowest BCUT2D eigenvalue weighted by atomic mass is 9.50. The maximum atomic E-state index is 12.1. The van der Waals surface area contributed by atoms with Crippen molar-refractivity contribution in [3.63, 3.8) is 0 Å². The highest BCUT2D eigenvalue weighted by molar-refractivity contribution is 5.56. The van der Waals surface area contributed by atoms with Gasteiger partial charge in [-0.15, -0.1) is 0 Å². The number of carbonyl (C=O) groups excluding carboxylic acids is 1. The van der Waals surface area contributed by atoms with E-state index in [9.17, 15) is 9.90 Å². The van der Waals surface area contributed by atoms with Gasteiger partial charge < -0.3 is 14.6 Å². The van der Waals surface area contributed by atoms with Crippen LogP contribution in [0.25, 0.3) is 0 Å². The molecule has 128 valence electrons. The summed E-state index contributed by atoms with van der Waals surface area (Å²) in [7, 11) is 0. The molecular formula is C20H30O3. The first-order chi connectivity index (χ1) is 10.9. The van der Waals surface area contributed by atoms with Gasteiger partial charge in [0.05, 0.1) is 6.10 Å². The average molecular weight is 318 g/mol. The van der Waals surface area contributed by atoms with Crippen molar-refractivity contribution >= 4 is 6.29 Å². The highest BCUT2D eigenvalue weighted by Crippen LogP contribution is 2.64. The molecular weight excluding hydrogens is 288 g/mol. The third-order valence-corrected chi connectivity index (χ3v) is 8.34. The molecule has 0 spiro atoms. The highest BCUT2D eigenvalue weighted by atomic mass is 16.6. The van der Waals surface area contributed by atoms with E-state index in [-0.39, 0.29) is 28.8 Å². The van der Waals surface area contributed by atoms with E-state index in [1.165, 1.54) is 11.9 Å². The number of aliphatic hydroxyl groups excluding tert-OH is 1. The summed E-state index contributed by atoms with van der Waals surface area (Å²) in [5.74, 6) is 1.14. The Balaban J connectivity index is 1.66. The second kappa shape index (κ2) is 5.16. The van der Waals surface area contributed by atoms with Gasteiger partial charge in [0.15, 0.2) is 6.29 Å². The lowest BCUT2D eigenvalue weighted by Crippen LogP contribution is -2.50. The molecule has 2 bridgehead atoms. The summed E-state index contributed by atoms with van der Waals surface area (Å²) in [6.45, 7) is 8.95. The molecule has 1 aliphatic heterocycles. The van der Waals surface area contributed by atoms with E-state index in [4.69, 9.17) is 4.74 Å². The summed E-state index contributed by atoms with van der Waals surface area (Å²) in [6, 6.07) is 0. The first-order valence-corrected chi connectivity index (χ1v) is 9.37. The molecule has 3 saturated carbocycles. The van der Waals surface area contributed by atoms with Crippen LogP contribution in [-0.4, -0.2) is 23.8 Å². The minimum Gasteiger partial charge on any atom is -0.368 e. The van der Waals surface area contributed by atoms with Crippen LogP contribution in [0.5, 0.6) is 0 Å². The molecule has 0 amide bonds. The number of aldehydes is 1. The first-order valence-electron chi connectivity index (χ1n) is 9.37. The van der Waals surface area contributed by atoms with E-state index < -0.39 is 6.29 Å². The molecule has 0 aromatic rings. The molecule has 4 fully saturated rings. The number of aliphatic hydroxyl groups is 1. The Morgan fingerprint density at radius 3 is 2.70 bits per heavy atom. The van der Waals surface area contributed by atoms with Crippen LogP contribution in [0.2, 0.25) is 0 Å². The number of fused-ring (bicyclic) bond motifs is 3. The van der Waals surface area contributed by atoms with Crippen LogP contribution in [0.15, 0.2) is 12.2 Å². The normalized spacial score (nSPS) is 55.7. The lowest BCUT2D eigenvalue weighted by molar-refractivity contribution is -0.139. The van der Waals surface area contributed by atoms with E-state index in [0.29, 0.717) is 11.8 Å². The molecule has 2 unspecified atom stereocenters. The second-order valence-corrected chi connectivity index (χ2v) is 9.06. The smallest absolute Gasteiger partial charge is 0.158 e. The summed E-state index contributed by atoms with van der Waals surface area (Å²) < 4.78 is 5.72. The van der Waals surface area contributed by atoms with Crippen molar-refractivity contribution in [2.45, 2.75) is 71.2 Å². The largest absolute Gasteiger partial charge is 0.368 e. The van der Waals surface area contributed by atoms with Crippen molar-refractivity contribution in [3.8, 4) is 0 Å². The van der Waals surface area contributed by atoms with Gasteiger partial charge in [0.1, 0.15) is 6.29 Å². The predicted octanol–water partition coefficient (Wildman–Crippen LogP) is 3.71. The second-order valence-electron chi connectivity index (χ2n) is 9.06. The summed E-state index contributed by atoms with van der Waals surface area (Å²) in [4.78, 5) is 12.1. The zero-order valence-corrected chi connectivity index (χ0v) is 14.5. The Hall–Kier alpha value is -0.670. The van der Waals surface area contributed by atoms with Crippen molar-refractivity contribution in [2.24, 2.45) is 34.5 Å². The third-order valence-electron chi connectivity index (χ3n) is 8.34. The molecule has 3 heteroatoms. The van der Waals surface area contributed by atoms with Crippen LogP contribution in [0.3, 0.4) is 0 Å². The van der Waals surface area contributed by atoms with Crippen LogP contribution < -0.4 is 0 Å². The van der Waals surface area contributed by atoms with Crippen molar-refractivity contribution < 1.29 is 14.6 Å². The van der Waals surface area contributed by atoms with Gasteiger partial charge >= 0.3 is 0 Å². The van der Waals surface area contributed by atoms with E-state index in [2.05, 4.69) is 20.4 Å².